The number of rotatable bonds is 6. The van der Waals surface area contributed by atoms with Crippen molar-refractivity contribution in [3.63, 3.8) is 0 Å². The van der Waals surface area contributed by atoms with E-state index >= 15 is 0 Å². The number of carbonyl (C=O) groups excluding carboxylic acids is 1. The first-order chi connectivity index (χ1) is 9.22. The zero-order valence-electron chi connectivity index (χ0n) is 11.5. The van der Waals surface area contributed by atoms with Crippen LogP contribution in [0.25, 0.3) is 0 Å². The van der Waals surface area contributed by atoms with Crippen LogP contribution in [0.4, 0.5) is 18.9 Å². The van der Waals surface area contributed by atoms with E-state index in [1.165, 1.54) is 0 Å². The number of nitrogen functional groups attached to an aromatic ring is 1. The number of aromatic amines is 1. The maximum absolute atomic E-state index is 11.9. The second-order valence-corrected chi connectivity index (χ2v) is 4.88. The molecule has 1 aromatic heterocycles. The molecule has 0 fully saturated rings. The second-order valence-electron chi connectivity index (χ2n) is 4.88. The van der Waals surface area contributed by atoms with Gasteiger partial charge in [0.15, 0.2) is 5.69 Å². The number of alkyl halides is 3. The molecule has 0 spiro atoms. The molecule has 1 rings (SSSR count). The summed E-state index contributed by atoms with van der Waals surface area (Å²) in [7, 11) is 0. The van der Waals surface area contributed by atoms with Gasteiger partial charge in [0.1, 0.15) is 0 Å². The Bertz CT molecular complexity index is 454. The third-order valence-electron chi connectivity index (χ3n) is 2.80. The number of hydrogen-bond acceptors (Lipinski definition) is 3. The number of amides is 1. The summed E-state index contributed by atoms with van der Waals surface area (Å²) in [6, 6.07) is 0. The number of aromatic nitrogens is 2. The minimum atomic E-state index is -4.15. The zero-order valence-corrected chi connectivity index (χ0v) is 11.5. The quantitative estimate of drug-likeness (QED) is 0.705. The van der Waals surface area contributed by atoms with Gasteiger partial charge in [-0.3, -0.25) is 9.89 Å². The lowest BCUT2D eigenvalue weighted by atomic mass is 10.1. The fourth-order valence-corrected chi connectivity index (χ4v) is 1.71. The van der Waals surface area contributed by atoms with Crippen molar-refractivity contribution >= 4 is 11.6 Å². The molecule has 0 unspecified atom stereocenters. The summed E-state index contributed by atoms with van der Waals surface area (Å²) in [5.41, 5.74) is 6.84. The van der Waals surface area contributed by atoms with Gasteiger partial charge in [0.05, 0.1) is 11.4 Å². The van der Waals surface area contributed by atoms with E-state index in [1.54, 1.807) is 0 Å². The van der Waals surface area contributed by atoms with E-state index < -0.39 is 18.5 Å². The highest BCUT2D eigenvalue weighted by Crippen LogP contribution is 2.23. The molecule has 0 bridgehead atoms. The molecule has 8 heteroatoms. The summed E-state index contributed by atoms with van der Waals surface area (Å²) in [4.78, 5) is 11.8. The van der Waals surface area contributed by atoms with Crippen molar-refractivity contribution in [2.75, 3.05) is 12.3 Å². The van der Waals surface area contributed by atoms with Gasteiger partial charge < -0.3 is 11.1 Å². The third kappa shape index (κ3) is 4.75. The van der Waals surface area contributed by atoms with Crippen molar-refractivity contribution in [3.05, 3.63) is 11.4 Å². The molecule has 0 atom stereocenters. The highest BCUT2D eigenvalue weighted by atomic mass is 19.4. The maximum atomic E-state index is 11.9. The number of nitrogens with zero attached hydrogens (tertiary/aromatic N) is 1. The van der Waals surface area contributed by atoms with E-state index in [2.05, 4.69) is 15.5 Å². The summed E-state index contributed by atoms with van der Waals surface area (Å²) in [6.07, 6.45) is -4.75. The number of anilines is 1. The average Bonchev–Trinajstić information content (AvgIpc) is 2.69. The minimum Gasteiger partial charge on any atom is -0.395 e. The first-order valence-electron chi connectivity index (χ1n) is 6.41. The predicted octanol–water partition coefficient (Wildman–Crippen LogP) is 2.58. The van der Waals surface area contributed by atoms with Crippen LogP contribution < -0.4 is 11.1 Å². The van der Waals surface area contributed by atoms with E-state index in [9.17, 15) is 18.0 Å². The Balaban J connectivity index is 2.40. The van der Waals surface area contributed by atoms with Crippen molar-refractivity contribution < 1.29 is 18.0 Å². The monoisotopic (exact) mass is 292 g/mol. The van der Waals surface area contributed by atoms with Crippen molar-refractivity contribution in [2.45, 2.75) is 45.2 Å². The molecular weight excluding hydrogens is 273 g/mol. The summed E-state index contributed by atoms with van der Waals surface area (Å²) < 4.78 is 35.8. The zero-order chi connectivity index (χ0) is 15.3. The standard InChI is InChI=1S/C12H19F3N4O/c1-7(2)9-8(16)10(19-18-9)11(20)17-6-4-3-5-12(13,14)15/h7H,3-6,16H2,1-2H3,(H,17,20)(H,18,19). The minimum absolute atomic E-state index is 0.0168. The van der Waals surface area contributed by atoms with Gasteiger partial charge in [0.2, 0.25) is 0 Å². The molecule has 0 saturated heterocycles. The van der Waals surface area contributed by atoms with Gasteiger partial charge in [-0.15, -0.1) is 0 Å². The fourth-order valence-electron chi connectivity index (χ4n) is 1.71. The van der Waals surface area contributed by atoms with Gasteiger partial charge >= 0.3 is 6.18 Å². The SMILES string of the molecule is CC(C)c1[nH]nc(C(=O)NCCCCC(F)(F)F)c1N. The first kappa shape index (κ1) is 16.3. The summed E-state index contributed by atoms with van der Waals surface area (Å²) in [6.45, 7) is 3.98. The summed E-state index contributed by atoms with van der Waals surface area (Å²) >= 11 is 0. The van der Waals surface area contributed by atoms with Crippen LogP contribution in [-0.2, 0) is 0 Å². The molecule has 0 aliphatic carbocycles. The Morgan fingerprint density at radius 2 is 2.05 bits per heavy atom. The molecule has 20 heavy (non-hydrogen) atoms. The maximum Gasteiger partial charge on any atom is 0.389 e. The largest absolute Gasteiger partial charge is 0.395 e. The van der Waals surface area contributed by atoms with Gasteiger partial charge in [0.25, 0.3) is 5.91 Å². The van der Waals surface area contributed by atoms with Gasteiger partial charge in [-0.2, -0.15) is 18.3 Å². The molecule has 0 aliphatic heterocycles. The highest BCUT2D eigenvalue weighted by molar-refractivity contribution is 5.97. The Kier molecular flexibility index (Phi) is 5.41. The molecule has 114 valence electrons. The third-order valence-corrected chi connectivity index (χ3v) is 2.80. The predicted molar refractivity (Wildman–Crippen MR) is 69.3 cm³/mol. The van der Waals surface area contributed by atoms with Crippen LogP contribution in [0.2, 0.25) is 0 Å². The number of unbranched alkanes of at least 4 members (excludes halogenated alkanes) is 1. The normalized spacial score (nSPS) is 11.9. The lowest BCUT2D eigenvalue weighted by Gasteiger charge is -2.07. The number of nitrogens with two attached hydrogens (primary N) is 1. The number of H-pyrrole nitrogens is 1. The Morgan fingerprint density at radius 1 is 1.40 bits per heavy atom. The van der Waals surface area contributed by atoms with Crippen LogP contribution in [0.1, 0.15) is 55.2 Å². The van der Waals surface area contributed by atoms with Crippen LogP contribution in [0.3, 0.4) is 0 Å². The molecule has 1 heterocycles. The smallest absolute Gasteiger partial charge is 0.389 e. The molecule has 0 saturated carbocycles. The fraction of sp³-hybridized carbons (Fsp3) is 0.667. The Hall–Kier alpha value is -1.73. The number of carbonyl (C=O) groups is 1. The molecule has 0 radical (unpaired) electrons. The lowest BCUT2D eigenvalue weighted by Crippen LogP contribution is -2.26. The van der Waals surface area contributed by atoms with Crippen molar-refractivity contribution in [1.82, 2.24) is 15.5 Å². The Labute approximate surface area is 115 Å². The van der Waals surface area contributed by atoms with Crippen molar-refractivity contribution in [1.29, 1.82) is 0 Å². The van der Waals surface area contributed by atoms with E-state index in [-0.39, 0.29) is 36.7 Å². The van der Waals surface area contributed by atoms with Gasteiger partial charge in [-0.25, -0.2) is 0 Å². The molecule has 1 amide bonds. The van der Waals surface area contributed by atoms with Gasteiger partial charge in [0, 0.05) is 13.0 Å². The van der Waals surface area contributed by atoms with E-state index in [4.69, 9.17) is 5.73 Å². The number of hydrogen-bond donors (Lipinski definition) is 3. The number of halogens is 3. The molecule has 0 aromatic carbocycles. The average molecular weight is 292 g/mol. The van der Waals surface area contributed by atoms with Crippen molar-refractivity contribution in [2.24, 2.45) is 0 Å². The second kappa shape index (κ2) is 6.62. The first-order valence-corrected chi connectivity index (χ1v) is 6.41. The number of nitrogens with one attached hydrogen (secondary N) is 2. The topological polar surface area (TPSA) is 83.8 Å². The van der Waals surface area contributed by atoms with E-state index in [0.717, 1.165) is 0 Å². The summed E-state index contributed by atoms with van der Waals surface area (Å²) in [5, 5.41) is 9.03. The van der Waals surface area contributed by atoms with Crippen LogP contribution >= 0.6 is 0 Å². The van der Waals surface area contributed by atoms with E-state index in [0.29, 0.717) is 5.69 Å². The molecular formula is C12H19F3N4O. The van der Waals surface area contributed by atoms with Gasteiger partial charge in [-0.05, 0) is 18.8 Å². The van der Waals surface area contributed by atoms with Crippen LogP contribution in [0, 0.1) is 0 Å². The van der Waals surface area contributed by atoms with E-state index in [1.807, 2.05) is 13.8 Å². The molecule has 1 aromatic rings. The highest BCUT2D eigenvalue weighted by Gasteiger charge is 2.26. The van der Waals surface area contributed by atoms with Crippen molar-refractivity contribution in [3.8, 4) is 0 Å². The molecule has 0 aliphatic rings. The molecule has 4 N–H and O–H groups in total. The van der Waals surface area contributed by atoms with Gasteiger partial charge in [-0.1, -0.05) is 13.8 Å². The summed E-state index contributed by atoms with van der Waals surface area (Å²) in [5.74, 6) is -0.367. The molecule has 5 nitrogen and oxygen atoms in total. The van der Waals surface area contributed by atoms with Crippen LogP contribution in [0.5, 0.6) is 0 Å². The lowest BCUT2D eigenvalue weighted by molar-refractivity contribution is -0.135. The van der Waals surface area contributed by atoms with Crippen LogP contribution in [0.15, 0.2) is 0 Å². The van der Waals surface area contributed by atoms with Crippen LogP contribution in [-0.4, -0.2) is 28.8 Å². The Morgan fingerprint density at radius 3 is 2.55 bits per heavy atom.